The molecule has 0 unspecified atom stereocenters. The number of tetrazole rings is 1. The lowest BCUT2D eigenvalue weighted by Crippen LogP contribution is -2.13. The summed E-state index contributed by atoms with van der Waals surface area (Å²) in [5.74, 6) is -0.112. The van der Waals surface area contributed by atoms with Gasteiger partial charge in [0.25, 0.3) is 11.9 Å². The van der Waals surface area contributed by atoms with Crippen molar-refractivity contribution in [3.05, 3.63) is 47.0 Å². The van der Waals surface area contributed by atoms with E-state index in [1.807, 2.05) is 25.1 Å². The third kappa shape index (κ3) is 2.57. The molecule has 0 fully saturated rings. The number of carbonyl (C=O) groups excluding carboxylic acids is 1. The van der Waals surface area contributed by atoms with Gasteiger partial charge >= 0.3 is 0 Å². The average Bonchev–Trinajstić information content (AvgIpc) is 2.95. The second kappa shape index (κ2) is 5.49. The fraction of sp³-hybridized carbons (Fsp3) is 0.143. The Morgan fingerprint density at radius 2 is 2.00 bits per heavy atom. The van der Waals surface area contributed by atoms with Crippen LogP contribution in [0.2, 0.25) is 5.02 Å². The number of fused-ring (bicyclic) bond motifs is 1. The molecular weight excluding hydrogens is 290 g/mol. The number of benzene rings is 2. The molecule has 0 radical (unpaired) electrons. The minimum atomic E-state index is -0.293. The molecule has 0 aliphatic heterocycles. The Morgan fingerprint density at radius 3 is 2.76 bits per heavy atom. The molecule has 0 atom stereocenters. The van der Waals surface area contributed by atoms with Gasteiger partial charge in [-0.05, 0) is 29.7 Å². The van der Waals surface area contributed by atoms with Gasteiger partial charge in [-0.1, -0.05) is 41.0 Å². The molecule has 0 saturated carbocycles. The lowest BCUT2D eigenvalue weighted by molar-refractivity contribution is 0.102. The van der Waals surface area contributed by atoms with Crippen LogP contribution in [-0.4, -0.2) is 26.1 Å². The highest BCUT2D eigenvalue weighted by Gasteiger charge is 2.13. The van der Waals surface area contributed by atoms with Crippen molar-refractivity contribution >= 4 is 34.2 Å². The van der Waals surface area contributed by atoms with Crippen molar-refractivity contribution in [1.29, 1.82) is 0 Å². The summed E-state index contributed by atoms with van der Waals surface area (Å²) < 4.78 is 0. The van der Waals surface area contributed by atoms with Gasteiger partial charge < -0.3 is 0 Å². The van der Waals surface area contributed by atoms with Gasteiger partial charge in [-0.2, -0.15) is 4.80 Å². The van der Waals surface area contributed by atoms with Gasteiger partial charge in [-0.15, -0.1) is 5.10 Å². The fourth-order valence-electron chi connectivity index (χ4n) is 2.07. The molecule has 1 heterocycles. The number of nitrogens with zero attached hydrogens (tertiary/aromatic N) is 4. The summed E-state index contributed by atoms with van der Waals surface area (Å²) in [6, 6.07) is 10.9. The Kier molecular flexibility index (Phi) is 3.53. The zero-order valence-electron chi connectivity index (χ0n) is 11.2. The SMILES string of the molecule is CCn1nnc(NC(=O)c2cccc3c(Cl)cccc23)n1. The smallest absolute Gasteiger partial charge is 0.270 e. The van der Waals surface area contributed by atoms with Gasteiger partial charge in [0.2, 0.25) is 0 Å². The van der Waals surface area contributed by atoms with E-state index >= 15 is 0 Å². The number of nitrogens with one attached hydrogen (secondary N) is 1. The van der Waals surface area contributed by atoms with Crippen LogP contribution < -0.4 is 5.32 Å². The molecule has 1 amide bonds. The van der Waals surface area contributed by atoms with E-state index in [2.05, 4.69) is 20.7 Å². The van der Waals surface area contributed by atoms with Crippen molar-refractivity contribution in [2.45, 2.75) is 13.5 Å². The van der Waals surface area contributed by atoms with E-state index < -0.39 is 0 Å². The fourth-order valence-corrected chi connectivity index (χ4v) is 2.30. The second-order valence-corrected chi connectivity index (χ2v) is 4.80. The van der Waals surface area contributed by atoms with Crippen molar-refractivity contribution in [2.24, 2.45) is 0 Å². The van der Waals surface area contributed by atoms with Crippen LogP contribution in [0.1, 0.15) is 17.3 Å². The third-order valence-electron chi connectivity index (χ3n) is 3.07. The maximum atomic E-state index is 12.4. The number of amides is 1. The highest BCUT2D eigenvalue weighted by molar-refractivity contribution is 6.36. The van der Waals surface area contributed by atoms with E-state index in [1.165, 1.54) is 4.80 Å². The van der Waals surface area contributed by atoms with Crippen molar-refractivity contribution in [2.75, 3.05) is 5.32 Å². The molecule has 1 N–H and O–H groups in total. The monoisotopic (exact) mass is 301 g/mol. The molecule has 0 saturated heterocycles. The Labute approximate surface area is 125 Å². The first-order valence-corrected chi connectivity index (χ1v) is 6.83. The molecule has 106 valence electrons. The van der Waals surface area contributed by atoms with Crippen LogP contribution in [0.25, 0.3) is 10.8 Å². The van der Waals surface area contributed by atoms with E-state index in [4.69, 9.17) is 11.6 Å². The minimum Gasteiger partial charge on any atom is -0.288 e. The van der Waals surface area contributed by atoms with Crippen LogP contribution in [-0.2, 0) is 6.54 Å². The third-order valence-corrected chi connectivity index (χ3v) is 3.40. The van der Waals surface area contributed by atoms with E-state index in [-0.39, 0.29) is 11.9 Å². The predicted octanol–water partition coefficient (Wildman–Crippen LogP) is 2.75. The summed E-state index contributed by atoms with van der Waals surface area (Å²) >= 11 is 6.15. The summed E-state index contributed by atoms with van der Waals surface area (Å²) in [4.78, 5) is 13.8. The van der Waals surface area contributed by atoms with Gasteiger partial charge in [0, 0.05) is 16.0 Å². The van der Waals surface area contributed by atoms with Gasteiger partial charge in [0.15, 0.2) is 0 Å². The first kappa shape index (κ1) is 13.5. The standard InChI is InChI=1S/C14H12ClN5O/c1-2-20-18-14(17-19-20)16-13(21)11-7-3-6-10-9(11)5-4-8-12(10)15/h3-8H,2H2,1H3,(H,16,18,21). The number of halogens is 1. The van der Waals surface area contributed by atoms with Gasteiger partial charge in [-0.25, -0.2) is 0 Å². The van der Waals surface area contributed by atoms with Crippen molar-refractivity contribution in [1.82, 2.24) is 20.2 Å². The van der Waals surface area contributed by atoms with Crippen molar-refractivity contribution in [3.63, 3.8) is 0 Å². The van der Waals surface area contributed by atoms with Crippen molar-refractivity contribution in [3.8, 4) is 0 Å². The molecule has 0 aliphatic rings. The molecule has 0 spiro atoms. The zero-order chi connectivity index (χ0) is 14.8. The lowest BCUT2D eigenvalue weighted by atomic mass is 10.0. The summed E-state index contributed by atoms with van der Waals surface area (Å²) in [6.07, 6.45) is 0. The van der Waals surface area contributed by atoms with Crippen LogP contribution in [0.4, 0.5) is 5.95 Å². The lowest BCUT2D eigenvalue weighted by Gasteiger charge is -2.06. The molecule has 0 aliphatic carbocycles. The molecule has 3 aromatic rings. The van der Waals surface area contributed by atoms with Crippen LogP contribution in [0.15, 0.2) is 36.4 Å². The van der Waals surface area contributed by atoms with Crippen LogP contribution >= 0.6 is 11.6 Å². The Balaban J connectivity index is 1.96. The van der Waals surface area contributed by atoms with Gasteiger partial charge in [-0.3, -0.25) is 10.1 Å². The largest absolute Gasteiger partial charge is 0.288 e. The Morgan fingerprint density at radius 1 is 1.24 bits per heavy atom. The quantitative estimate of drug-likeness (QED) is 0.807. The van der Waals surface area contributed by atoms with E-state index in [0.29, 0.717) is 17.1 Å². The first-order chi connectivity index (χ1) is 10.2. The van der Waals surface area contributed by atoms with Crippen LogP contribution in [0, 0.1) is 0 Å². The highest BCUT2D eigenvalue weighted by atomic mass is 35.5. The summed E-state index contributed by atoms with van der Waals surface area (Å²) in [6.45, 7) is 2.48. The van der Waals surface area contributed by atoms with E-state index in [9.17, 15) is 4.79 Å². The Bertz CT molecular complexity index is 814. The van der Waals surface area contributed by atoms with E-state index in [1.54, 1.807) is 18.2 Å². The number of aromatic nitrogens is 4. The maximum absolute atomic E-state index is 12.4. The molecule has 6 nitrogen and oxygen atoms in total. The first-order valence-electron chi connectivity index (χ1n) is 6.45. The second-order valence-electron chi connectivity index (χ2n) is 4.40. The molecule has 7 heteroatoms. The van der Waals surface area contributed by atoms with Crippen LogP contribution in [0.5, 0.6) is 0 Å². The van der Waals surface area contributed by atoms with Gasteiger partial charge in [0.1, 0.15) is 0 Å². The topological polar surface area (TPSA) is 72.7 Å². The zero-order valence-corrected chi connectivity index (χ0v) is 12.0. The van der Waals surface area contributed by atoms with Gasteiger partial charge in [0.05, 0.1) is 6.54 Å². The molecular formula is C14H12ClN5O. The number of rotatable bonds is 3. The minimum absolute atomic E-state index is 0.181. The molecule has 21 heavy (non-hydrogen) atoms. The molecule has 2 aromatic carbocycles. The number of carbonyl (C=O) groups is 1. The number of hydrogen-bond acceptors (Lipinski definition) is 4. The predicted molar refractivity (Wildman–Crippen MR) is 80.4 cm³/mol. The summed E-state index contributed by atoms with van der Waals surface area (Å²) in [7, 11) is 0. The normalized spacial score (nSPS) is 10.8. The number of aryl methyl sites for hydroxylation is 1. The summed E-state index contributed by atoms with van der Waals surface area (Å²) in [5.41, 5.74) is 0.517. The molecule has 0 bridgehead atoms. The molecule has 3 rings (SSSR count). The number of hydrogen-bond donors (Lipinski definition) is 1. The number of anilines is 1. The maximum Gasteiger partial charge on any atom is 0.270 e. The van der Waals surface area contributed by atoms with Crippen molar-refractivity contribution < 1.29 is 4.79 Å². The molecule has 1 aromatic heterocycles. The Hall–Kier alpha value is -2.47. The average molecular weight is 302 g/mol. The van der Waals surface area contributed by atoms with E-state index in [0.717, 1.165) is 10.8 Å². The highest BCUT2D eigenvalue weighted by Crippen LogP contribution is 2.26. The van der Waals surface area contributed by atoms with Crippen LogP contribution in [0.3, 0.4) is 0 Å². The summed E-state index contributed by atoms with van der Waals surface area (Å²) in [5, 5.41) is 16.5.